The topological polar surface area (TPSA) is 138 Å². The molecule has 188 valence electrons. The third kappa shape index (κ3) is 5.04. The Morgan fingerprint density at radius 2 is 2.03 bits per heavy atom. The number of benzene rings is 2. The van der Waals surface area contributed by atoms with Crippen LogP contribution in [0.25, 0.3) is 10.4 Å². The van der Waals surface area contributed by atoms with Gasteiger partial charge in [0.15, 0.2) is 0 Å². The van der Waals surface area contributed by atoms with Crippen molar-refractivity contribution in [2.75, 3.05) is 22.5 Å². The number of aromatic nitrogens is 1. The summed E-state index contributed by atoms with van der Waals surface area (Å²) in [7, 11) is -4.83. The highest BCUT2D eigenvalue weighted by Gasteiger charge is 2.45. The number of rotatable bonds is 6. The van der Waals surface area contributed by atoms with E-state index in [-0.39, 0.29) is 16.8 Å². The summed E-state index contributed by atoms with van der Waals surface area (Å²) < 4.78 is 70.9. The molecule has 0 radical (unpaired) electrons. The first kappa shape index (κ1) is 25.6. The van der Waals surface area contributed by atoms with E-state index in [2.05, 4.69) is 35.8 Å². The van der Waals surface area contributed by atoms with Crippen molar-refractivity contribution in [2.24, 2.45) is 5.11 Å². The van der Waals surface area contributed by atoms with Gasteiger partial charge in [0.25, 0.3) is 10.0 Å². The SMILES string of the molecule is [N-]=[N+]=Nc1ccc(N2CCOc3cc(S(=O)(=O)N(OC(=O)C(F)(F)F)c4nccs4)ccc32)c(Br)c1. The van der Waals surface area contributed by atoms with Crippen LogP contribution in [0.2, 0.25) is 0 Å². The number of thiazole rings is 1. The number of carbonyl (C=O) groups excluding carboxylic acids is 1. The molecule has 2 aromatic carbocycles. The molecule has 1 aromatic heterocycles. The predicted molar refractivity (Wildman–Crippen MR) is 126 cm³/mol. The number of carbonyl (C=O) groups is 1. The highest BCUT2D eigenvalue weighted by molar-refractivity contribution is 9.10. The minimum absolute atomic E-state index is 0.120. The van der Waals surface area contributed by atoms with Crippen molar-refractivity contribution in [2.45, 2.75) is 11.1 Å². The average molecular weight is 605 g/mol. The molecule has 0 aliphatic carbocycles. The van der Waals surface area contributed by atoms with Crippen LogP contribution in [-0.2, 0) is 19.7 Å². The third-order valence-corrected chi connectivity index (χ3v) is 7.69. The largest absolute Gasteiger partial charge is 0.493 e. The van der Waals surface area contributed by atoms with E-state index in [4.69, 9.17) is 10.3 Å². The molecule has 17 heteroatoms. The Hall–Kier alpha value is -3.53. The van der Waals surface area contributed by atoms with Crippen LogP contribution in [0, 0.1) is 0 Å². The predicted octanol–water partition coefficient (Wildman–Crippen LogP) is 5.59. The van der Waals surface area contributed by atoms with Crippen molar-refractivity contribution in [3.63, 3.8) is 0 Å². The average Bonchev–Trinajstić information content (AvgIpc) is 3.36. The Morgan fingerprint density at radius 3 is 2.67 bits per heavy atom. The Balaban J connectivity index is 1.72. The van der Waals surface area contributed by atoms with E-state index in [1.807, 2.05) is 4.90 Å². The molecular formula is C19H12BrF3N6O5S2. The summed E-state index contributed by atoms with van der Waals surface area (Å²) in [6.45, 7) is 0.535. The summed E-state index contributed by atoms with van der Waals surface area (Å²) >= 11 is 4.07. The quantitative estimate of drug-likeness (QED) is 0.155. The maximum atomic E-state index is 13.2. The number of alkyl halides is 3. The lowest BCUT2D eigenvalue weighted by molar-refractivity contribution is -0.199. The number of hydrogen-bond acceptors (Lipinski definition) is 9. The van der Waals surface area contributed by atoms with Crippen LogP contribution >= 0.6 is 27.3 Å². The number of fused-ring (bicyclic) bond motifs is 1. The first-order chi connectivity index (χ1) is 17.0. The molecule has 0 unspecified atom stereocenters. The Bertz CT molecular complexity index is 1460. The van der Waals surface area contributed by atoms with Crippen molar-refractivity contribution < 1.29 is 36.0 Å². The van der Waals surface area contributed by atoms with Gasteiger partial charge in [0.2, 0.25) is 5.13 Å². The molecule has 0 saturated carbocycles. The Morgan fingerprint density at radius 1 is 1.28 bits per heavy atom. The van der Waals surface area contributed by atoms with Crippen LogP contribution in [0.4, 0.5) is 35.4 Å². The number of azide groups is 1. The highest BCUT2D eigenvalue weighted by Crippen LogP contribution is 2.42. The number of sulfonamides is 1. The van der Waals surface area contributed by atoms with Crippen LogP contribution < -0.4 is 14.1 Å². The van der Waals surface area contributed by atoms with E-state index in [0.29, 0.717) is 39.4 Å². The molecule has 0 bridgehead atoms. The zero-order valence-electron chi connectivity index (χ0n) is 17.6. The van der Waals surface area contributed by atoms with Crippen molar-refractivity contribution >= 4 is 65.5 Å². The van der Waals surface area contributed by atoms with Crippen LogP contribution in [0.3, 0.4) is 0 Å². The fraction of sp³-hybridized carbons (Fsp3) is 0.158. The van der Waals surface area contributed by atoms with Gasteiger partial charge in [-0.25, -0.2) is 9.78 Å². The normalized spacial score (nSPS) is 13.3. The van der Waals surface area contributed by atoms with Crippen molar-refractivity contribution in [3.05, 3.63) is 62.9 Å². The standard InChI is InChI=1S/C19H12BrF3N6O5S2/c20-13-9-11(26-27-24)1-3-14(13)28-6-7-33-16-10-12(2-4-15(16)28)36(31,32)29(18-25-5-8-35-18)34-17(30)19(21,22)23/h1-5,8-10H,6-7H2. The number of hydrogen-bond donors (Lipinski definition) is 0. The van der Waals surface area contributed by atoms with E-state index < -0.39 is 32.2 Å². The van der Waals surface area contributed by atoms with Gasteiger partial charge in [0, 0.05) is 32.7 Å². The van der Waals surface area contributed by atoms with E-state index in [0.717, 1.165) is 18.3 Å². The van der Waals surface area contributed by atoms with Crippen LogP contribution in [0.1, 0.15) is 0 Å². The second-order valence-corrected chi connectivity index (χ2v) is 10.4. The zero-order chi connectivity index (χ0) is 26.1. The van der Waals surface area contributed by atoms with Crippen molar-refractivity contribution in [1.29, 1.82) is 0 Å². The number of ether oxygens (including phenoxy) is 1. The summed E-state index contributed by atoms with van der Waals surface area (Å²) in [6.07, 6.45) is -4.30. The van der Waals surface area contributed by atoms with Gasteiger partial charge in [-0.05, 0) is 45.7 Å². The van der Waals surface area contributed by atoms with Gasteiger partial charge >= 0.3 is 12.1 Å². The van der Waals surface area contributed by atoms with Gasteiger partial charge in [-0.1, -0.05) is 15.6 Å². The van der Waals surface area contributed by atoms with Gasteiger partial charge in [-0.2, -0.15) is 21.6 Å². The second-order valence-electron chi connectivity index (χ2n) is 6.88. The molecule has 36 heavy (non-hydrogen) atoms. The summed E-state index contributed by atoms with van der Waals surface area (Å²) in [6, 6.07) is 8.54. The van der Waals surface area contributed by atoms with E-state index in [1.165, 1.54) is 11.4 Å². The molecule has 11 nitrogen and oxygen atoms in total. The molecule has 1 aliphatic heterocycles. The molecule has 0 fully saturated rings. The van der Waals surface area contributed by atoms with Crippen LogP contribution in [0.5, 0.6) is 5.75 Å². The summed E-state index contributed by atoms with van der Waals surface area (Å²) in [5.74, 6) is -2.61. The van der Waals surface area contributed by atoms with Gasteiger partial charge < -0.3 is 14.5 Å². The smallest absolute Gasteiger partial charge is 0.489 e. The fourth-order valence-corrected chi connectivity index (χ4v) is 5.76. The lowest BCUT2D eigenvalue weighted by Gasteiger charge is -2.32. The first-order valence-electron chi connectivity index (χ1n) is 9.65. The molecular weight excluding hydrogens is 593 g/mol. The Labute approximate surface area is 213 Å². The fourth-order valence-electron chi connectivity index (χ4n) is 3.16. The molecule has 4 rings (SSSR count). The highest BCUT2D eigenvalue weighted by atomic mass is 79.9. The summed E-state index contributed by atoms with van der Waals surface area (Å²) in [5.41, 5.74) is 10.1. The second kappa shape index (κ2) is 9.85. The zero-order valence-corrected chi connectivity index (χ0v) is 20.8. The minimum Gasteiger partial charge on any atom is -0.489 e. The van der Waals surface area contributed by atoms with Crippen molar-refractivity contribution in [3.8, 4) is 5.75 Å². The number of nitrogens with zero attached hydrogens (tertiary/aromatic N) is 6. The third-order valence-electron chi connectivity index (χ3n) is 4.67. The maximum absolute atomic E-state index is 13.2. The molecule has 0 atom stereocenters. The Kier molecular flexibility index (Phi) is 6.99. The molecule has 0 N–H and O–H groups in total. The molecule has 3 aromatic rings. The first-order valence-corrected chi connectivity index (χ1v) is 12.8. The molecule has 0 saturated heterocycles. The summed E-state index contributed by atoms with van der Waals surface area (Å²) in [5, 5.41) is 4.34. The van der Waals surface area contributed by atoms with E-state index >= 15 is 0 Å². The van der Waals surface area contributed by atoms with Gasteiger partial charge in [-0.15, -0.1) is 11.3 Å². The van der Waals surface area contributed by atoms with Gasteiger partial charge in [-0.3, -0.25) is 0 Å². The molecule has 2 heterocycles. The lowest BCUT2D eigenvalue weighted by Crippen LogP contribution is -2.38. The van der Waals surface area contributed by atoms with E-state index in [1.54, 1.807) is 18.2 Å². The minimum atomic E-state index is -5.44. The van der Waals surface area contributed by atoms with Gasteiger partial charge in [0.05, 0.1) is 22.8 Å². The lowest BCUT2D eigenvalue weighted by atomic mass is 10.2. The number of halogens is 4. The van der Waals surface area contributed by atoms with Crippen LogP contribution in [0.15, 0.2) is 62.5 Å². The van der Waals surface area contributed by atoms with Gasteiger partial charge in [0.1, 0.15) is 12.4 Å². The van der Waals surface area contributed by atoms with Crippen LogP contribution in [-0.4, -0.2) is 38.7 Å². The molecule has 0 spiro atoms. The number of anilines is 3. The monoisotopic (exact) mass is 604 g/mol. The van der Waals surface area contributed by atoms with Crippen molar-refractivity contribution in [1.82, 2.24) is 4.98 Å². The maximum Gasteiger partial charge on any atom is 0.493 e. The molecule has 1 aliphatic rings. The summed E-state index contributed by atoms with van der Waals surface area (Å²) in [4.78, 5) is 23.3. The molecule has 0 amide bonds. The van der Waals surface area contributed by atoms with E-state index in [9.17, 15) is 26.4 Å².